The average molecular weight is 363 g/mol. The SMILES string of the molecule is CS(=O)(=O)CC1(CNC2CCc3ccc(OC(F)(F)F)cc32)CC1. The van der Waals surface area contributed by atoms with Crippen LogP contribution in [0, 0.1) is 5.41 Å². The fourth-order valence-electron chi connectivity index (χ4n) is 3.43. The standard InChI is InChI=1S/C16H20F3NO3S/c1-24(21,22)10-15(6-7-15)9-20-14-5-3-11-2-4-12(8-13(11)14)23-16(17,18)19/h2,4,8,14,20H,3,5-7,9-10H2,1H3. The van der Waals surface area contributed by atoms with Crippen LogP contribution >= 0.6 is 0 Å². The van der Waals surface area contributed by atoms with Crippen LogP contribution < -0.4 is 10.1 Å². The maximum Gasteiger partial charge on any atom is 0.573 e. The number of rotatable bonds is 6. The zero-order chi connectivity index (χ0) is 17.6. The highest BCUT2D eigenvalue weighted by Gasteiger charge is 2.45. The van der Waals surface area contributed by atoms with Crippen LogP contribution in [0.5, 0.6) is 5.75 Å². The maximum atomic E-state index is 12.4. The molecule has 1 aromatic rings. The normalized spacial score (nSPS) is 22.2. The number of fused-ring (bicyclic) bond motifs is 1. The summed E-state index contributed by atoms with van der Waals surface area (Å²) in [4.78, 5) is 0. The van der Waals surface area contributed by atoms with Crippen LogP contribution in [0.25, 0.3) is 0 Å². The first-order chi connectivity index (χ1) is 11.1. The minimum Gasteiger partial charge on any atom is -0.406 e. The molecule has 0 bridgehead atoms. The fraction of sp³-hybridized carbons (Fsp3) is 0.625. The molecule has 0 heterocycles. The Balaban J connectivity index is 1.67. The molecule has 1 N–H and O–H groups in total. The van der Waals surface area contributed by atoms with Crippen LogP contribution in [0.4, 0.5) is 13.2 Å². The predicted molar refractivity (Wildman–Crippen MR) is 83.6 cm³/mol. The summed E-state index contributed by atoms with van der Waals surface area (Å²) in [5.74, 6) is -0.0590. The summed E-state index contributed by atoms with van der Waals surface area (Å²) in [6, 6.07) is 4.38. The van der Waals surface area contributed by atoms with Crippen LogP contribution in [0.2, 0.25) is 0 Å². The van der Waals surface area contributed by atoms with Crippen LogP contribution in [-0.2, 0) is 16.3 Å². The van der Waals surface area contributed by atoms with Gasteiger partial charge in [0.25, 0.3) is 0 Å². The summed E-state index contributed by atoms with van der Waals surface area (Å²) in [7, 11) is -3.04. The molecule has 1 saturated carbocycles. The molecule has 1 aromatic carbocycles. The van der Waals surface area contributed by atoms with E-state index in [1.165, 1.54) is 18.4 Å². The molecule has 24 heavy (non-hydrogen) atoms. The summed E-state index contributed by atoms with van der Waals surface area (Å²) in [6.07, 6.45) is -0.159. The molecule has 0 saturated heterocycles. The van der Waals surface area contributed by atoms with Crippen molar-refractivity contribution in [2.45, 2.75) is 38.1 Å². The Kier molecular flexibility index (Phi) is 4.32. The van der Waals surface area contributed by atoms with E-state index in [-0.39, 0.29) is 23.0 Å². The van der Waals surface area contributed by atoms with E-state index in [0.717, 1.165) is 36.8 Å². The minimum atomic E-state index is -4.71. The topological polar surface area (TPSA) is 55.4 Å². The van der Waals surface area contributed by atoms with E-state index in [9.17, 15) is 21.6 Å². The van der Waals surface area contributed by atoms with Gasteiger partial charge in [-0.1, -0.05) is 6.07 Å². The molecule has 0 amide bonds. The zero-order valence-electron chi connectivity index (χ0n) is 13.3. The molecule has 0 radical (unpaired) electrons. The summed E-state index contributed by atoms with van der Waals surface area (Å²) in [6.45, 7) is 0.564. The monoisotopic (exact) mass is 363 g/mol. The highest BCUT2D eigenvalue weighted by molar-refractivity contribution is 7.90. The second kappa shape index (κ2) is 5.91. The van der Waals surface area contributed by atoms with Crippen molar-refractivity contribution in [3.8, 4) is 5.75 Å². The van der Waals surface area contributed by atoms with Gasteiger partial charge in [-0.3, -0.25) is 0 Å². The van der Waals surface area contributed by atoms with Gasteiger partial charge >= 0.3 is 6.36 Å². The summed E-state index contributed by atoms with van der Waals surface area (Å²) < 4.78 is 64.1. The van der Waals surface area contributed by atoms with Gasteiger partial charge in [0.1, 0.15) is 15.6 Å². The number of hydrogen-bond acceptors (Lipinski definition) is 4. The number of benzene rings is 1. The van der Waals surface area contributed by atoms with Crippen molar-refractivity contribution in [3.63, 3.8) is 0 Å². The van der Waals surface area contributed by atoms with Crippen molar-refractivity contribution in [2.24, 2.45) is 5.41 Å². The van der Waals surface area contributed by atoms with Gasteiger partial charge in [-0.2, -0.15) is 0 Å². The van der Waals surface area contributed by atoms with E-state index in [2.05, 4.69) is 10.1 Å². The lowest BCUT2D eigenvalue weighted by atomic mass is 10.1. The third kappa shape index (κ3) is 4.42. The molecule has 3 rings (SSSR count). The minimum absolute atomic E-state index is 0.0613. The molecule has 8 heteroatoms. The smallest absolute Gasteiger partial charge is 0.406 e. The Labute approximate surface area is 139 Å². The second-order valence-corrected chi connectivity index (χ2v) is 9.09. The number of aryl methyl sites for hydroxylation is 1. The lowest BCUT2D eigenvalue weighted by molar-refractivity contribution is -0.274. The van der Waals surface area contributed by atoms with Crippen LogP contribution in [-0.4, -0.2) is 33.3 Å². The van der Waals surface area contributed by atoms with Crippen LogP contribution in [0.1, 0.15) is 36.4 Å². The molecule has 1 fully saturated rings. The number of ether oxygens (including phenoxy) is 1. The third-order valence-electron chi connectivity index (χ3n) is 4.68. The summed E-state index contributed by atoms with van der Waals surface area (Å²) in [5, 5.41) is 3.35. The molecule has 0 aromatic heterocycles. The number of alkyl halides is 3. The van der Waals surface area contributed by atoms with Crippen LogP contribution in [0.3, 0.4) is 0 Å². The Morgan fingerprint density at radius 3 is 2.62 bits per heavy atom. The molecule has 134 valence electrons. The third-order valence-corrected chi connectivity index (χ3v) is 5.81. The Hall–Kier alpha value is -1.28. The van der Waals surface area contributed by atoms with Gasteiger partial charge in [-0.25, -0.2) is 8.42 Å². The van der Waals surface area contributed by atoms with Gasteiger partial charge in [0.2, 0.25) is 0 Å². The Morgan fingerprint density at radius 2 is 2.04 bits per heavy atom. The highest BCUT2D eigenvalue weighted by Crippen LogP contribution is 2.47. The summed E-state index contributed by atoms with van der Waals surface area (Å²) in [5.41, 5.74) is 1.61. The maximum absolute atomic E-state index is 12.4. The molecule has 4 nitrogen and oxygen atoms in total. The van der Waals surface area contributed by atoms with Gasteiger partial charge in [-0.15, -0.1) is 13.2 Å². The highest BCUT2D eigenvalue weighted by atomic mass is 32.2. The lowest BCUT2D eigenvalue weighted by Crippen LogP contribution is -2.31. The van der Waals surface area contributed by atoms with Crippen molar-refractivity contribution >= 4 is 9.84 Å². The van der Waals surface area contributed by atoms with E-state index in [0.29, 0.717) is 6.54 Å². The largest absolute Gasteiger partial charge is 0.573 e. The number of halogens is 3. The van der Waals surface area contributed by atoms with E-state index in [4.69, 9.17) is 0 Å². The average Bonchev–Trinajstić information content (AvgIpc) is 3.04. The fourth-order valence-corrected chi connectivity index (χ4v) is 4.94. The molecular formula is C16H20F3NO3S. The van der Waals surface area contributed by atoms with Crippen LogP contribution in [0.15, 0.2) is 18.2 Å². The summed E-state index contributed by atoms with van der Waals surface area (Å²) >= 11 is 0. The van der Waals surface area contributed by atoms with Crippen molar-refractivity contribution < 1.29 is 26.3 Å². The van der Waals surface area contributed by atoms with Crippen molar-refractivity contribution in [1.29, 1.82) is 0 Å². The first-order valence-electron chi connectivity index (χ1n) is 7.85. The Bertz CT molecular complexity index is 727. The van der Waals surface area contributed by atoms with Gasteiger partial charge in [0.15, 0.2) is 0 Å². The van der Waals surface area contributed by atoms with Gasteiger partial charge in [0.05, 0.1) is 5.75 Å². The molecular weight excluding hydrogens is 343 g/mol. The van der Waals surface area contributed by atoms with E-state index in [1.807, 2.05) is 0 Å². The second-order valence-electron chi connectivity index (χ2n) is 6.95. The zero-order valence-corrected chi connectivity index (χ0v) is 14.1. The van der Waals surface area contributed by atoms with E-state index in [1.54, 1.807) is 6.07 Å². The molecule has 0 aliphatic heterocycles. The van der Waals surface area contributed by atoms with E-state index >= 15 is 0 Å². The quantitative estimate of drug-likeness (QED) is 0.844. The van der Waals surface area contributed by atoms with Crippen molar-refractivity contribution in [2.75, 3.05) is 18.6 Å². The number of hydrogen-bond donors (Lipinski definition) is 1. The van der Waals surface area contributed by atoms with Crippen molar-refractivity contribution in [3.05, 3.63) is 29.3 Å². The lowest BCUT2D eigenvalue weighted by Gasteiger charge is -2.20. The first-order valence-corrected chi connectivity index (χ1v) is 9.91. The number of nitrogens with one attached hydrogen (secondary N) is 1. The molecule has 2 aliphatic carbocycles. The predicted octanol–water partition coefficient (Wildman–Crippen LogP) is 2.99. The first kappa shape index (κ1) is 17.5. The van der Waals surface area contributed by atoms with E-state index < -0.39 is 16.2 Å². The van der Waals surface area contributed by atoms with Crippen molar-refractivity contribution in [1.82, 2.24) is 5.32 Å². The van der Waals surface area contributed by atoms with Gasteiger partial charge in [0, 0.05) is 18.8 Å². The molecule has 1 unspecified atom stereocenters. The number of sulfone groups is 1. The molecule has 0 spiro atoms. The molecule has 1 atom stereocenters. The van der Waals surface area contributed by atoms with Gasteiger partial charge < -0.3 is 10.1 Å². The molecule has 2 aliphatic rings. The Morgan fingerprint density at radius 1 is 1.33 bits per heavy atom. The van der Waals surface area contributed by atoms with Gasteiger partial charge in [-0.05, 0) is 54.4 Å².